The minimum atomic E-state index is -4.67. The van der Waals surface area contributed by atoms with Crippen LogP contribution in [0.3, 0.4) is 0 Å². The summed E-state index contributed by atoms with van der Waals surface area (Å²) >= 11 is 0. The molecule has 1 heterocycles. The Balaban J connectivity index is 2.05. The highest BCUT2D eigenvalue weighted by Crippen LogP contribution is 2.33. The smallest absolute Gasteiger partial charge is 0.351 e. The second-order valence-corrected chi connectivity index (χ2v) is 8.25. The third kappa shape index (κ3) is 4.29. The number of aromatic nitrogens is 1. The van der Waals surface area contributed by atoms with E-state index in [1.807, 2.05) is 13.0 Å². The van der Waals surface area contributed by atoms with Gasteiger partial charge in [0.15, 0.2) is 0 Å². The average molecular weight is 424 g/mol. The van der Waals surface area contributed by atoms with Gasteiger partial charge in [-0.2, -0.15) is 13.2 Å². The van der Waals surface area contributed by atoms with Crippen molar-refractivity contribution >= 4 is 15.7 Å². The van der Waals surface area contributed by atoms with E-state index in [-0.39, 0.29) is 16.2 Å². The maximum Gasteiger partial charge on any atom is 0.452 e. The molecule has 0 saturated heterocycles. The van der Waals surface area contributed by atoms with Gasteiger partial charge < -0.3 is 4.52 Å². The lowest BCUT2D eigenvalue weighted by Crippen LogP contribution is -2.16. The molecule has 0 fully saturated rings. The molecule has 1 N–H and O–H groups in total. The first-order valence-electron chi connectivity index (χ1n) is 8.79. The maximum atomic E-state index is 13.1. The van der Waals surface area contributed by atoms with Crippen LogP contribution >= 0.6 is 0 Å². The maximum absolute atomic E-state index is 13.1. The summed E-state index contributed by atoms with van der Waals surface area (Å²) in [6, 6.07) is 10.4. The normalized spacial score (nSPS) is 12.2. The Hall–Kier alpha value is -2.81. The third-order valence-corrected chi connectivity index (χ3v) is 6.12. The standard InChI is InChI=1S/C20H19F3N2O3S/c1-4-14-8-9-15(17-11-19(28-24-17)20(21,22)23)10-18(14)29(26,27)25-16-7-5-6-12(2)13(16)3/h5-11,25H,4H2,1-3H3. The number of alkyl halides is 3. The van der Waals surface area contributed by atoms with Gasteiger partial charge in [0.1, 0.15) is 5.69 Å². The number of nitrogens with one attached hydrogen (secondary N) is 1. The summed E-state index contributed by atoms with van der Waals surface area (Å²) in [7, 11) is -3.98. The van der Waals surface area contributed by atoms with Gasteiger partial charge in [0.05, 0.1) is 10.6 Å². The molecule has 154 valence electrons. The van der Waals surface area contributed by atoms with Crippen molar-refractivity contribution in [1.82, 2.24) is 5.16 Å². The van der Waals surface area contributed by atoms with E-state index in [1.165, 1.54) is 12.1 Å². The summed E-state index contributed by atoms with van der Waals surface area (Å²) in [6.07, 6.45) is -4.25. The van der Waals surface area contributed by atoms with E-state index in [1.54, 1.807) is 32.0 Å². The highest BCUT2D eigenvalue weighted by atomic mass is 32.2. The van der Waals surface area contributed by atoms with Crippen molar-refractivity contribution in [2.75, 3.05) is 4.72 Å². The molecule has 3 rings (SSSR count). The van der Waals surface area contributed by atoms with Gasteiger partial charge in [-0.1, -0.05) is 36.3 Å². The number of nitrogens with zero attached hydrogens (tertiary/aromatic N) is 1. The lowest BCUT2D eigenvalue weighted by atomic mass is 10.1. The van der Waals surface area contributed by atoms with Crippen molar-refractivity contribution in [3.8, 4) is 11.3 Å². The molecule has 29 heavy (non-hydrogen) atoms. The van der Waals surface area contributed by atoms with Gasteiger partial charge in [-0.3, -0.25) is 4.72 Å². The number of hydrogen-bond donors (Lipinski definition) is 1. The van der Waals surface area contributed by atoms with Crippen LogP contribution in [0.4, 0.5) is 18.9 Å². The highest BCUT2D eigenvalue weighted by Gasteiger charge is 2.36. The Morgan fingerprint density at radius 1 is 1.10 bits per heavy atom. The summed E-state index contributed by atoms with van der Waals surface area (Å²) in [4.78, 5) is -0.0186. The highest BCUT2D eigenvalue weighted by molar-refractivity contribution is 7.92. The van der Waals surface area contributed by atoms with Crippen LogP contribution in [-0.4, -0.2) is 13.6 Å². The number of anilines is 1. The molecule has 0 saturated carbocycles. The number of aryl methyl sites for hydroxylation is 2. The monoisotopic (exact) mass is 424 g/mol. The topological polar surface area (TPSA) is 72.2 Å². The molecule has 2 aromatic carbocycles. The second-order valence-electron chi connectivity index (χ2n) is 6.60. The molecular weight excluding hydrogens is 405 g/mol. The summed E-state index contributed by atoms with van der Waals surface area (Å²) in [5.41, 5.74) is 2.81. The molecule has 0 spiro atoms. The SMILES string of the molecule is CCc1ccc(-c2cc(C(F)(F)F)on2)cc1S(=O)(=O)Nc1cccc(C)c1C. The predicted molar refractivity (Wildman–Crippen MR) is 103 cm³/mol. The van der Waals surface area contributed by atoms with E-state index in [2.05, 4.69) is 14.4 Å². The van der Waals surface area contributed by atoms with Crippen LogP contribution in [-0.2, 0) is 22.6 Å². The zero-order valence-corrected chi connectivity index (χ0v) is 16.8. The summed E-state index contributed by atoms with van der Waals surface area (Å²) in [5.74, 6) is -1.25. The fourth-order valence-electron chi connectivity index (χ4n) is 2.86. The zero-order chi connectivity index (χ0) is 21.4. The van der Waals surface area contributed by atoms with Crippen molar-refractivity contribution in [3.05, 3.63) is 64.9 Å². The number of benzene rings is 2. The quantitative estimate of drug-likeness (QED) is 0.600. The van der Waals surface area contributed by atoms with Crippen LogP contribution < -0.4 is 4.72 Å². The van der Waals surface area contributed by atoms with Crippen molar-refractivity contribution in [3.63, 3.8) is 0 Å². The van der Waals surface area contributed by atoms with Gasteiger partial charge in [-0.15, -0.1) is 0 Å². The molecule has 1 aromatic heterocycles. The summed E-state index contributed by atoms with van der Waals surface area (Å²) < 4.78 is 71.4. The number of hydrogen-bond acceptors (Lipinski definition) is 4. The van der Waals surface area contributed by atoms with Crippen LogP contribution in [0, 0.1) is 13.8 Å². The Kier molecular flexibility index (Phi) is 5.44. The molecule has 0 aliphatic heterocycles. The number of halogens is 3. The van der Waals surface area contributed by atoms with E-state index in [4.69, 9.17) is 0 Å². The van der Waals surface area contributed by atoms with Crippen molar-refractivity contribution in [1.29, 1.82) is 0 Å². The fourth-order valence-corrected chi connectivity index (χ4v) is 4.32. The minimum absolute atomic E-state index is 0.0186. The van der Waals surface area contributed by atoms with Crippen LogP contribution in [0.1, 0.15) is 29.4 Å². The Morgan fingerprint density at radius 3 is 2.45 bits per heavy atom. The van der Waals surface area contributed by atoms with Crippen molar-refractivity contribution in [2.24, 2.45) is 0 Å². The number of sulfonamides is 1. The molecule has 0 unspecified atom stereocenters. The van der Waals surface area contributed by atoms with Gasteiger partial charge in [0.2, 0.25) is 5.76 Å². The van der Waals surface area contributed by atoms with Gasteiger partial charge in [-0.05, 0) is 49.1 Å². The van der Waals surface area contributed by atoms with E-state index < -0.39 is 22.0 Å². The molecule has 0 aliphatic carbocycles. The Labute approximate surface area is 166 Å². The molecule has 0 atom stereocenters. The molecule has 0 amide bonds. The van der Waals surface area contributed by atoms with E-state index in [0.29, 0.717) is 17.7 Å². The molecule has 0 radical (unpaired) electrons. The lowest BCUT2D eigenvalue weighted by molar-refractivity contribution is -0.155. The molecule has 0 bridgehead atoms. The molecule has 5 nitrogen and oxygen atoms in total. The molecule has 3 aromatic rings. The molecular formula is C20H19F3N2O3S. The lowest BCUT2D eigenvalue weighted by Gasteiger charge is -2.15. The predicted octanol–water partition coefficient (Wildman–Crippen LogP) is 5.34. The first kappa shape index (κ1) is 20.9. The van der Waals surface area contributed by atoms with Gasteiger partial charge >= 0.3 is 6.18 Å². The van der Waals surface area contributed by atoms with Gasteiger partial charge in [-0.25, -0.2) is 8.42 Å². The van der Waals surface area contributed by atoms with E-state index in [9.17, 15) is 21.6 Å². The van der Waals surface area contributed by atoms with Crippen molar-refractivity contribution < 1.29 is 26.1 Å². The minimum Gasteiger partial charge on any atom is -0.351 e. The van der Waals surface area contributed by atoms with Crippen LogP contribution in [0.15, 0.2) is 51.9 Å². The summed E-state index contributed by atoms with van der Waals surface area (Å²) in [5, 5.41) is 3.43. The van der Waals surface area contributed by atoms with E-state index in [0.717, 1.165) is 17.2 Å². The fraction of sp³-hybridized carbons (Fsp3) is 0.250. The average Bonchev–Trinajstić information content (AvgIpc) is 3.15. The van der Waals surface area contributed by atoms with Crippen LogP contribution in [0.5, 0.6) is 0 Å². The van der Waals surface area contributed by atoms with E-state index >= 15 is 0 Å². The van der Waals surface area contributed by atoms with Gasteiger partial charge in [0, 0.05) is 11.6 Å². The summed E-state index contributed by atoms with van der Waals surface area (Å²) in [6.45, 7) is 5.47. The molecule has 0 aliphatic rings. The second kappa shape index (κ2) is 7.55. The Morgan fingerprint density at radius 2 is 1.83 bits per heavy atom. The van der Waals surface area contributed by atoms with Crippen LogP contribution in [0.25, 0.3) is 11.3 Å². The van der Waals surface area contributed by atoms with Crippen LogP contribution in [0.2, 0.25) is 0 Å². The zero-order valence-electron chi connectivity index (χ0n) is 16.0. The Bertz CT molecular complexity index is 1150. The van der Waals surface area contributed by atoms with Gasteiger partial charge in [0.25, 0.3) is 10.0 Å². The first-order chi connectivity index (χ1) is 13.5. The largest absolute Gasteiger partial charge is 0.452 e. The molecule has 9 heteroatoms. The third-order valence-electron chi connectivity index (χ3n) is 4.67. The van der Waals surface area contributed by atoms with Crippen molar-refractivity contribution in [2.45, 2.75) is 38.3 Å². The number of rotatable bonds is 5. The first-order valence-corrected chi connectivity index (χ1v) is 10.3.